The standard InChI is InChI=1S/C18H15NO/c19-17-8-4-5-9-18(17)20-16-12-10-15(11-13-16)14-6-2-1-3-7-14/h1-13H,19H2. The molecule has 3 aromatic carbocycles. The number of hydrogen-bond donors (Lipinski definition) is 1. The van der Waals surface area contributed by atoms with Gasteiger partial charge in [-0.1, -0.05) is 54.6 Å². The Balaban J connectivity index is 1.82. The summed E-state index contributed by atoms with van der Waals surface area (Å²) in [4.78, 5) is 0. The van der Waals surface area contributed by atoms with Crippen LogP contribution in [0.15, 0.2) is 78.9 Å². The molecule has 2 nitrogen and oxygen atoms in total. The third-order valence-electron chi connectivity index (χ3n) is 3.11. The summed E-state index contributed by atoms with van der Waals surface area (Å²) in [5, 5.41) is 0. The van der Waals surface area contributed by atoms with E-state index in [1.165, 1.54) is 11.1 Å². The molecule has 20 heavy (non-hydrogen) atoms. The third-order valence-corrected chi connectivity index (χ3v) is 3.11. The number of benzene rings is 3. The van der Waals surface area contributed by atoms with E-state index in [0.29, 0.717) is 11.4 Å². The predicted molar refractivity (Wildman–Crippen MR) is 82.8 cm³/mol. The summed E-state index contributed by atoms with van der Waals surface area (Å²) >= 11 is 0. The van der Waals surface area contributed by atoms with Crippen molar-refractivity contribution in [1.29, 1.82) is 0 Å². The molecule has 0 heterocycles. The van der Waals surface area contributed by atoms with Crippen LogP contribution in [0.3, 0.4) is 0 Å². The summed E-state index contributed by atoms with van der Waals surface area (Å²) in [5.41, 5.74) is 8.86. The molecular weight excluding hydrogens is 246 g/mol. The lowest BCUT2D eigenvalue weighted by molar-refractivity contribution is 0.485. The van der Waals surface area contributed by atoms with Crippen molar-refractivity contribution in [3.8, 4) is 22.6 Å². The van der Waals surface area contributed by atoms with Crippen molar-refractivity contribution in [2.75, 3.05) is 5.73 Å². The van der Waals surface area contributed by atoms with Crippen LogP contribution in [-0.2, 0) is 0 Å². The fourth-order valence-corrected chi connectivity index (χ4v) is 2.05. The molecule has 2 heteroatoms. The number of anilines is 1. The maximum absolute atomic E-state index is 5.86. The van der Waals surface area contributed by atoms with Crippen molar-refractivity contribution in [2.24, 2.45) is 0 Å². The lowest BCUT2D eigenvalue weighted by Crippen LogP contribution is -1.91. The van der Waals surface area contributed by atoms with E-state index in [1.807, 2.05) is 66.7 Å². The minimum absolute atomic E-state index is 0.639. The highest BCUT2D eigenvalue weighted by Gasteiger charge is 2.02. The summed E-state index contributed by atoms with van der Waals surface area (Å²) in [7, 11) is 0. The Morgan fingerprint density at radius 2 is 1.20 bits per heavy atom. The average molecular weight is 261 g/mol. The van der Waals surface area contributed by atoms with E-state index in [1.54, 1.807) is 0 Å². The van der Waals surface area contributed by atoms with Gasteiger partial charge in [0, 0.05) is 0 Å². The molecule has 98 valence electrons. The van der Waals surface area contributed by atoms with Crippen molar-refractivity contribution in [1.82, 2.24) is 0 Å². The lowest BCUT2D eigenvalue weighted by atomic mass is 10.1. The van der Waals surface area contributed by atoms with Crippen LogP contribution >= 0.6 is 0 Å². The minimum Gasteiger partial charge on any atom is -0.455 e. The second kappa shape index (κ2) is 5.49. The number of ether oxygens (including phenoxy) is 1. The van der Waals surface area contributed by atoms with Crippen molar-refractivity contribution in [3.63, 3.8) is 0 Å². The van der Waals surface area contributed by atoms with Gasteiger partial charge in [-0.25, -0.2) is 0 Å². The van der Waals surface area contributed by atoms with E-state index in [0.717, 1.165) is 5.75 Å². The zero-order valence-electron chi connectivity index (χ0n) is 11.0. The molecule has 2 N–H and O–H groups in total. The Labute approximate surface area is 118 Å². The van der Waals surface area contributed by atoms with Crippen LogP contribution in [0.1, 0.15) is 0 Å². The zero-order valence-corrected chi connectivity index (χ0v) is 11.0. The van der Waals surface area contributed by atoms with E-state index in [-0.39, 0.29) is 0 Å². The maximum atomic E-state index is 5.86. The Hall–Kier alpha value is -2.74. The first-order valence-electron chi connectivity index (χ1n) is 6.51. The molecule has 0 saturated carbocycles. The van der Waals surface area contributed by atoms with E-state index < -0.39 is 0 Å². The fraction of sp³-hybridized carbons (Fsp3) is 0. The van der Waals surface area contributed by atoms with E-state index in [9.17, 15) is 0 Å². The van der Waals surface area contributed by atoms with Gasteiger partial charge in [-0.3, -0.25) is 0 Å². The largest absolute Gasteiger partial charge is 0.455 e. The Morgan fingerprint density at radius 1 is 0.600 bits per heavy atom. The molecule has 0 bridgehead atoms. The molecule has 0 radical (unpaired) electrons. The summed E-state index contributed by atoms with van der Waals surface area (Å²) in [6, 6.07) is 25.7. The number of rotatable bonds is 3. The second-order valence-electron chi connectivity index (χ2n) is 4.53. The van der Waals surface area contributed by atoms with Crippen LogP contribution in [0.4, 0.5) is 5.69 Å². The highest BCUT2D eigenvalue weighted by Crippen LogP contribution is 2.28. The fourth-order valence-electron chi connectivity index (χ4n) is 2.05. The zero-order chi connectivity index (χ0) is 13.8. The second-order valence-corrected chi connectivity index (χ2v) is 4.53. The monoisotopic (exact) mass is 261 g/mol. The molecule has 3 rings (SSSR count). The normalized spacial score (nSPS) is 10.2. The molecule has 0 amide bonds. The smallest absolute Gasteiger partial charge is 0.150 e. The Kier molecular flexibility index (Phi) is 3.38. The van der Waals surface area contributed by atoms with Gasteiger partial charge in [0.1, 0.15) is 11.5 Å². The van der Waals surface area contributed by atoms with Gasteiger partial charge in [-0.05, 0) is 35.4 Å². The molecule has 0 saturated heterocycles. The van der Waals surface area contributed by atoms with E-state index in [4.69, 9.17) is 10.5 Å². The number of hydrogen-bond acceptors (Lipinski definition) is 2. The van der Waals surface area contributed by atoms with E-state index >= 15 is 0 Å². The molecule has 0 atom stereocenters. The van der Waals surface area contributed by atoms with E-state index in [2.05, 4.69) is 12.1 Å². The summed E-state index contributed by atoms with van der Waals surface area (Å²) in [5.74, 6) is 1.46. The summed E-state index contributed by atoms with van der Waals surface area (Å²) in [6.45, 7) is 0. The molecule has 0 fully saturated rings. The van der Waals surface area contributed by atoms with Crippen LogP contribution in [0.5, 0.6) is 11.5 Å². The van der Waals surface area contributed by atoms with Crippen molar-refractivity contribution in [2.45, 2.75) is 0 Å². The maximum Gasteiger partial charge on any atom is 0.150 e. The SMILES string of the molecule is Nc1ccccc1Oc1ccc(-c2ccccc2)cc1. The van der Waals surface area contributed by atoms with Gasteiger partial charge in [0.2, 0.25) is 0 Å². The Bertz CT molecular complexity index is 690. The summed E-state index contributed by atoms with van der Waals surface area (Å²) < 4.78 is 5.77. The van der Waals surface area contributed by atoms with Crippen LogP contribution < -0.4 is 10.5 Å². The quantitative estimate of drug-likeness (QED) is 0.692. The molecule has 0 unspecified atom stereocenters. The van der Waals surface area contributed by atoms with Crippen LogP contribution in [0.25, 0.3) is 11.1 Å². The van der Waals surface area contributed by atoms with Gasteiger partial charge < -0.3 is 10.5 Å². The van der Waals surface area contributed by atoms with Crippen molar-refractivity contribution >= 4 is 5.69 Å². The van der Waals surface area contributed by atoms with Crippen molar-refractivity contribution in [3.05, 3.63) is 78.9 Å². The minimum atomic E-state index is 0.639. The molecule has 0 aliphatic rings. The highest BCUT2D eigenvalue weighted by molar-refractivity contribution is 5.64. The molecule has 0 aliphatic heterocycles. The number of nitrogen functional groups attached to an aromatic ring is 1. The molecule has 0 spiro atoms. The molecule has 0 aliphatic carbocycles. The first-order chi connectivity index (χ1) is 9.83. The number of nitrogens with two attached hydrogens (primary N) is 1. The van der Waals surface area contributed by atoms with Gasteiger partial charge in [0.05, 0.1) is 5.69 Å². The van der Waals surface area contributed by atoms with Crippen LogP contribution in [0.2, 0.25) is 0 Å². The molecular formula is C18H15NO. The first-order valence-corrected chi connectivity index (χ1v) is 6.51. The lowest BCUT2D eigenvalue weighted by Gasteiger charge is -2.09. The topological polar surface area (TPSA) is 35.2 Å². The van der Waals surface area contributed by atoms with Crippen LogP contribution in [-0.4, -0.2) is 0 Å². The molecule has 3 aromatic rings. The summed E-state index contributed by atoms with van der Waals surface area (Å²) in [6.07, 6.45) is 0. The predicted octanol–water partition coefficient (Wildman–Crippen LogP) is 4.73. The number of para-hydroxylation sites is 2. The van der Waals surface area contributed by atoms with Crippen LogP contribution in [0, 0.1) is 0 Å². The first kappa shape index (κ1) is 12.3. The van der Waals surface area contributed by atoms with Gasteiger partial charge in [0.25, 0.3) is 0 Å². The Morgan fingerprint density at radius 3 is 1.90 bits per heavy atom. The third kappa shape index (κ3) is 2.64. The van der Waals surface area contributed by atoms with Gasteiger partial charge in [-0.2, -0.15) is 0 Å². The van der Waals surface area contributed by atoms with Gasteiger partial charge in [-0.15, -0.1) is 0 Å². The van der Waals surface area contributed by atoms with Gasteiger partial charge in [0.15, 0.2) is 0 Å². The average Bonchev–Trinajstić information content (AvgIpc) is 2.51. The molecule has 0 aromatic heterocycles. The highest BCUT2D eigenvalue weighted by atomic mass is 16.5. The van der Waals surface area contributed by atoms with Gasteiger partial charge >= 0.3 is 0 Å². The van der Waals surface area contributed by atoms with Crippen molar-refractivity contribution < 1.29 is 4.74 Å².